The van der Waals surface area contributed by atoms with Crippen molar-refractivity contribution in [3.8, 4) is 0 Å². The Kier molecular flexibility index (Phi) is 4.61. The third kappa shape index (κ3) is 3.10. The van der Waals surface area contributed by atoms with Crippen molar-refractivity contribution in [2.24, 2.45) is 0 Å². The van der Waals surface area contributed by atoms with E-state index in [2.05, 4.69) is 46.9 Å². The zero-order valence-electron chi connectivity index (χ0n) is 13.5. The minimum Gasteiger partial charge on any atom is -0.379 e. The Labute approximate surface area is 155 Å². The molecule has 1 aliphatic carbocycles. The molecule has 0 amide bonds. The molecule has 3 aromatic rings. The van der Waals surface area contributed by atoms with Crippen molar-refractivity contribution in [2.75, 3.05) is 5.32 Å². The molecule has 1 N–H and O–H groups in total. The molecule has 3 aromatic heterocycles. The molecule has 0 fully saturated rings. The predicted molar refractivity (Wildman–Crippen MR) is 107 cm³/mol. The van der Waals surface area contributed by atoms with Gasteiger partial charge in [-0.1, -0.05) is 29.8 Å². The first-order valence-corrected chi connectivity index (χ1v) is 10.3. The number of pyridine rings is 1. The van der Waals surface area contributed by atoms with E-state index in [-0.39, 0.29) is 0 Å². The summed E-state index contributed by atoms with van der Waals surface area (Å²) in [6, 6.07) is 6.19. The molecule has 0 saturated carbocycles. The molecule has 0 spiro atoms. The van der Waals surface area contributed by atoms with E-state index in [4.69, 9.17) is 11.6 Å². The van der Waals surface area contributed by atoms with E-state index >= 15 is 0 Å². The molecular formula is C19H19ClN2S2. The normalized spacial score (nSPS) is 17.5. The molecule has 0 saturated heterocycles. The Morgan fingerprint density at radius 3 is 3.04 bits per heavy atom. The topological polar surface area (TPSA) is 24.9 Å². The molecule has 5 heteroatoms. The van der Waals surface area contributed by atoms with Crippen molar-refractivity contribution in [1.29, 1.82) is 0 Å². The smallest absolute Gasteiger partial charge is 0.131 e. The van der Waals surface area contributed by atoms with Gasteiger partial charge in [-0.15, -0.1) is 22.7 Å². The first-order valence-electron chi connectivity index (χ1n) is 8.23. The van der Waals surface area contributed by atoms with Crippen LogP contribution in [-0.2, 0) is 6.54 Å². The number of aryl methyl sites for hydroxylation is 1. The standard InChI is InChI=1S/C19H19ClN2S2/c1-12-17-19(24-18(12)13-6-3-2-4-7-13)15(10-16(20)22-17)21-11-14-8-5-9-23-14/h2-3,5,8-10,13H,4,6-7,11H2,1H3,(H,21,22). The molecule has 2 nitrogen and oxygen atoms in total. The van der Waals surface area contributed by atoms with E-state index < -0.39 is 0 Å². The second-order valence-electron chi connectivity index (χ2n) is 6.18. The van der Waals surface area contributed by atoms with E-state index in [1.807, 2.05) is 17.4 Å². The van der Waals surface area contributed by atoms with E-state index in [0.29, 0.717) is 11.1 Å². The van der Waals surface area contributed by atoms with Crippen LogP contribution in [0.1, 0.15) is 40.5 Å². The number of hydrogen-bond acceptors (Lipinski definition) is 4. The molecule has 4 rings (SSSR count). The number of allylic oxidation sites excluding steroid dienone is 2. The SMILES string of the molecule is Cc1c(C2CC=CCC2)sc2c(NCc3cccs3)cc(Cl)nc12. The Bertz CT molecular complexity index is 881. The molecule has 0 radical (unpaired) electrons. The highest BCUT2D eigenvalue weighted by Gasteiger charge is 2.21. The first-order chi connectivity index (χ1) is 11.7. The van der Waals surface area contributed by atoms with Gasteiger partial charge in [0, 0.05) is 22.4 Å². The van der Waals surface area contributed by atoms with Crippen molar-refractivity contribution in [3.63, 3.8) is 0 Å². The molecule has 3 heterocycles. The van der Waals surface area contributed by atoms with E-state index in [1.54, 1.807) is 11.3 Å². The van der Waals surface area contributed by atoms with Crippen molar-refractivity contribution >= 4 is 50.2 Å². The van der Waals surface area contributed by atoms with Crippen LogP contribution < -0.4 is 5.32 Å². The Morgan fingerprint density at radius 1 is 1.38 bits per heavy atom. The molecule has 1 aliphatic rings. The largest absolute Gasteiger partial charge is 0.379 e. The number of halogens is 1. The van der Waals surface area contributed by atoms with Gasteiger partial charge in [0.05, 0.1) is 15.9 Å². The van der Waals surface area contributed by atoms with Crippen molar-refractivity contribution < 1.29 is 0 Å². The number of aromatic nitrogens is 1. The fraction of sp³-hybridized carbons (Fsp3) is 0.316. The summed E-state index contributed by atoms with van der Waals surface area (Å²) in [4.78, 5) is 7.41. The maximum absolute atomic E-state index is 6.30. The summed E-state index contributed by atoms with van der Waals surface area (Å²) >= 11 is 9.95. The number of thiophene rings is 2. The summed E-state index contributed by atoms with van der Waals surface area (Å²) in [5.74, 6) is 0.623. The highest BCUT2D eigenvalue weighted by atomic mass is 35.5. The molecule has 1 unspecified atom stereocenters. The van der Waals surface area contributed by atoms with E-state index in [9.17, 15) is 0 Å². The van der Waals surface area contributed by atoms with E-state index in [1.165, 1.54) is 32.9 Å². The second-order valence-corrected chi connectivity index (χ2v) is 8.65. The van der Waals surface area contributed by atoms with Gasteiger partial charge in [0.1, 0.15) is 5.15 Å². The van der Waals surface area contributed by atoms with Gasteiger partial charge >= 0.3 is 0 Å². The van der Waals surface area contributed by atoms with Crippen LogP contribution in [0.2, 0.25) is 5.15 Å². The van der Waals surface area contributed by atoms with Crippen molar-refractivity contribution in [1.82, 2.24) is 4.98 Å². The lowest BCUT2D eigenvalue weighted by atomic mass is 9.91. The van der Waals surface area contributed by atoms with Crippen LogP contribution in [0.5, 0.6) is 0 Å². The lowest BCUT2D eigenvalue weighted by molar-refractivity contribution is 0.624. The molecule has 0 aromatic carbocycles. The summed E-state index contributed by atoms with van der Waals surface area (Å²) < 4.78 is 1.23. The van der Waals surface area contributed by atoms with Gasteiger partial charge in [0.15, 0.2) is 0 Å². The van der Waals surface area contributed by atoms with Crippen molar-refractivity contribution in [2.45, 2.75) is 38.6 Å². The van der Waals surface area contributed by atoms with Gasteiger partial charge < -0.3 is 5.32 Å². The molecule has 0 bridgehead atoms. The number of rotatable bonds is 4. The summed E-state index contributed by atoms with van der Waals surface area (Å²) in [7, 11) is 0. The van der Waals surface area contributed by atoms with Gasteiger partial charge in [-0.05, 0) is 49.1 Å². The maximum atomic E-state index is 6.30. The number of nitrogens with one attached hydrogen (secondary N) is 1. The summed E-state index contributed by atoms with van der Waals surface area (Å²) in [6.45, 7) is 3.02. The average molecular weight is 375 g/mol. The molecular weight excluding hydrogens is 356 g/mol. The van der Waals surface area contributed by atoms with E-state index in [0.717, 1.165) is 24.2 Å². The van der Waals surface area contributed by atoms with Crippen LogP contribution in [0.25, 0.3) is 10.2 Å². The average Bonchev–Trinajstić information content (AvgIpc) is 3.22. The highest BCUT2D eigenvalue weighted by molar-refractivity contribution is 7.20. The zero-order chi connectivity index (χ0) is 16.5. The minimum absolute atomic E-state index is 0.562. The van der Waals surface area contributed by atoms with Crippen LogP contribution in [0.3, 0.4) is 0 Å². The van der Waals surface area contributed by atoms with Gasteiger partial charge in [0.25, 0.3) is 0 Å². The fourth-order valence-corrected chi connectivity index (χ4v) is 5.54. The monoisotopic (exact) mass is 374 g/mol. The molecule has 1 atom stereocenters. The maximum Gasteiger partial charge on any atom is 0.131 e. The third-order valence-corrected chi connectivity index (χ3v) is 7.10. The fourth-order valence-electron chi connectivity index (χ4n) is 3.31. The molecule has 24 heavy (non-hydrogen) atoms. The van der Waals surface area contributed by atoms with Gasteiger partial charge in [-0.25, -0.2) is 4.98 Å². The Hall–Kier alpha value is -1.36. The summed E-state index contributed by atoms with van der Waals surface area (Å²) in [5.41, 5.74) is 3.46. The van der Waals surface area contributed by atoms with Crippen LogP contribution in [-0.4, -0.2) is 4.98 Å². The lowest BCUT2D eigenvalue weighted by Crippen LogP contribution is -2.00. The van der Waals surface area contributed by atoms with Gasteiger partial charge in [-0.2, -0.15) is 0 Å². The zero-order valence-corrected chi connectivity index (χ0v) is 15.9. The summed E-state index contributed by atoms with van der Waals surface area (Å²) in [5, 5.41) is 6.23. The quantitative estimate of drug-likeness (QED) is 0.403. The summed E-state index contributed by atoms with van der Waals surface area (Å²) in [6.07, 6.45) is 8.15. The van der Waals surface area contributed by atoms with Gasteiger partial charge in [-0.3, -0.25) is 0 Å². The Morgan fingerprint density at radius 2 is 2.29 bits per heavy atom. The number of anilines is 1. The van der Waals surface area contributed by atoms with Crippen molar-refractivity contribution in [3.05, 3.63) is 56.2 Å². The van der Waals surface area contributed by atoms with Crippen LogP contribution >= 0.6 is 34.3 Å². The second kappa shape index (κ2) is 6.87. The van der Waals surface area contributed by atoms with Gasteiger partial charge in [0.2, 0.25) is 0 Å². The number of nitrogens with zero attached hydrogens (tertiary/aromatic N) is 1. The first kappa shape index (κ1) is 16.1. The van der Waals surface area contributed by atoms with Crippen LogP contribution in [0.15, 0.2) is 35.7 Å². The number of fused-ring (bicyclic) bond motifs is 1. The predicted octanol–water partition coefficient (Wildman–Crippen LogP) is 6.76. The molecule has 124 valence electrons. The van der Waals surface area contributed by atoms with Crippen LogP contribution in [0.4, 0.5) is 5.69 Å². The lowest BCUT2D eigenvalue weighted by Gasteiger charge is -2.16. The van der Waals surface area contributed by atoms with Crippen LogP contribution in [0, 0.1) is 6.92 Å². The third-order valence-electron chi connectivity index (χ3n) is 4.55. The minimum atomic E-state index is 0.562. The number of hydrogen-bond donors (Lipinski definition) is 1. The molecule has 0 aliphatic heterocycles. The highest BCUT2D eigenvalue weighted by Crippen LogP contribution is 2.43. The Balaban J connectivity index is 1.72.